The van der Waals surface area contributed by atoms with E-state index in [1.54, 1.807) is 30.3 Å². The van der Waals surface area contributed by atoms with Crippen molar-refractivity contribution >= 4 is 68.9 Å². The molecule has 0 aliphatic carbocycles. The van der Waals surface area contributed by atoms with E-state index < -0.39 is 0 Å². The lowest BCUT2D eigenvalue weighted by molar-refractivity contribution is 0.102. The van der Waals surface area contributed by atoms with Crippen LogP contribution in [0.15, 0.2) is 46.8 Å². The Hall–Kier alpha value is -1.31. The molecule has 3 rings (SSSR count). The van der Waals surface area contributed by atoms with Crippen LogP contribution in [0.25, 0.3) is 0 Å². The molecule has 128 valence electrons. The molecule has 9 heteroatoms. The van der Waals surface area contributed by atoms with Gasteiger partial charge < -0.3 is 0 Å². The van der Waals surface area contributed by atoms with Crippen molar-refractivity contribution in [1.29, 1.82) is 0 Å². The van der Waals surface area contributed by atoms with Crippen molar-refractivity contribution in [3.05, 3.63) is 68.7 Å². The minimum absolute atomic E-state index is 0.278. The van der Waals surface area contributed by atoms with Gasteiger partial charge in [-0.1, -0.05) is 70.0 Å². The van der Waals surface area contributed by atoms with Gasteiger partial charge >= 0.3 is 0 Å². The van der Waals surface area contributed by atoms with E-state index in [4.69, 9.17) is 34.8 Å². The minimum Gasteiger partial charge on any atom is -0.296 e. The maximum Gasteiger partial charge on any atom is 0.257 e. The van der Waals surface area contributed by atoms with Crippen molar-refractivity contribution < 1.29 is 4.79 Å². The summed E-state index contributed by atoms with van der Waals surface area (Å²) >= 11 is 20.6. The van der Waals surface area contributed by atoms with Gasteiger partial charge in [-0.25, -0.2) is 0 Å². The fraction of sp³-hybridized carbons (Fsp3) is 0.0625. The number of aromatic nitrogens is 2. The molecule has 25 heavy (non-hydrogen) atoms. The van der Waals surface area contributed by atoms with Crippen LogP contribution in [0.5, 0.6) is 0 Å². The summed E-state index contributed by atoms with van der Waals surface area (Å²) in [6, 6.07) is 12.2. The van der Waals surface area contributed by atoms with Gasteiger partial charge in [-0.05, 0) is 35.9 Å². The third kappa shape index (κ3) is 5.09. The van der Waals surface area contributed by atoms with Crippen LogP contribution in [0, 0.1) is 0 Å². The Morgan fingerprint density at radius 2 is 1.92 bits per heavy atom. The first-order valence-corrected chi connectivity index (χ1v) is 9.92. The zero-order valence-electron chi connectivity index (χ0n) is 12.5. The van der Waals surface area contributed by atoms with E-state index in [0.717, 1.165) is 9.90 Å². The molecule has 0 atom stereocenters. The Kier molecular flexibility index (Phi) is 6.19. The average Bonchev–Trinajstić information content (AvgIpc) is 3.03. The zero-order valence-corrected chi connectivity index (χ0v) is 16.4. The third-order valence-electron chi connectivity index (χ3n) is 3.06. The number of anilines is 1. The summed E-state index contributed by atoms with van der Waals surface area (Å²) in [5.41, 5.74) is 1.49. The van der Waals surface area contributed by atoms with Gasteiger partial charge in [0.15, 0.2) is 4.34 Å². The minimum atomic E-state index is -0.278. The van der Waals surface area contributed by atoms with Gasteiger partial charge in [0, 0.05) is 16.3 Å². The molecule has 0 spiro atoms. The third-order valence-corrected chi connectivity index (χ3v) is 6.08. The number of carbonyl (C=O) groups excluding carboxylic acids is 1. The van der Waals surface area contributed by atoms with Gasteiger partial charge in [-0.15, -0.1) is 10.2 Å². The Labute approximate surface area is 167 Å². The molecule has 1 amide bonds. The molecule has 0 saturated carbocycles. The summed E-state index contributed by atoms with van der Waals surface area (Å²) in [5, 5.41) is 12.7. The lowest BCUT2D eigenvalue weighted by Gasteiger charge is -2.01. The van der Waals surface area contributed by atoms with Gasteiger partial charge in [-0.2, -0.15) is 0 Å². The van der Waals surface area contributed by atoms with E-state index in [9.17, 15) is 4.79 Å². The van der Waals surface area contributed by atoms with Gasteiger partial charge in [0.25, 0.3) is 5.91 Å². The number of amides is 1. The van der Waals surface area contributed by atoms with Crippen molar-refractivity contribution in [3.63, 3.8) is 0 Å². The molecule has 0 unspecified atom stereocenters. The van der Waals surface area contributed by atoms with E-state index >= 15 is 0 Å². The Balaban J connectivity index is 1.60. The average molecular weight is 431 g/mol. The summed E-state index contributed by atoms with van der Waals surface area (Å²) < 4.78 is 0.743. The number of nitrogens with zero attached hydrogens (tertiary/aromatic N) is 2. The molecule has 0 aliphatic rings. The van der Waals surface area contributed by atoms with Crippen LogP contribution in [0.2, 0.25) is 15.1 Å². The zero-order chi connectivity index (χ0) is 17.8. The largest absolute Gasteiger partial charge is 0.296 e. The SMILES string of the molecule is O=C(Nc1nnc(SCc2ccc(Cl)c(Cl)c2)s1)c1cccc(Cl)c1. The highest BCUT2D eigenvalue weighted by atomic mass is 35.5. The second kappa shape index (κ2) is 8.38. The first-order valence-electron chi connectivity index (χ1n) is 6.98. The smallest absolute Gasteiger partial charge is 0.257 e. The fourth-order valence-corrected chi connectivity index (χ4v) is 4.09. The predicted molar refractivity (Wildman–Crippen MR) is 105 cm³/mol. The molecule has 0 radical (unpaired) electrons. The molecule has 4 nitrogen and oxygen atoms in total. The molecule has 1 N–H and O–H groups in total. The maximum absolute atomic E-state index is 12.2. The number of rotatable bonds is 5. The summed E-state index contributed by atoms with van der Waals surface area (Å²) in [5.74, 6) is 0.396. The van der Waals surface area contributed by atoms with Crippen molar-refractivity contribution in [3.8, 4) is 0 Å². The highest BCUT2D eigenvalue weighted by Crippen LogP contribution is 2.30. The molecule has 1 aromatic heterocycles. The summed E-state index contributed by atoms with van der Waals surface area (Å²) in [6.07, 6.45) is 0. The normalized spacial score (nSPS) is 10.7. The number of nitrogens with one attached hydrogen (secondary N) is 1. The van der Waals surface area contributed by atoms with Crippen LogP contribution in [0.3, 0.4) is 0 Å². The molecule has 1 heterocycles. The standard InChI is InChI=1S/C16H10Cl3N3OS2/c17-11-3-1-2-10(7-11)14(23)20-15-21-22-16(25-15)24-8-9-4-5-12(18)13(19)6-9/h1-7H,8H2,(H,20,21,23). The summed E-state index contributed by atoms with van der Waals surface area (Å²) in [6.45, 7) is 0. The van der Waals surface area contributed by atoms with E-state index in [1.807, 2.05) is 12.1 Å². The predicted octanol–water partition coefficient (Wildman–Crippen LogP) is 6.04. The Morgan fingerprint density at radius 1 is 1.08 bits per heavy atom. The van der Waals surface area contributed by atoms with E-state index in [2.05, 4.69) is 15.5 Å². The van der Waals surface area contributed by atoms with Crippen LogP contribution >= 0.6 is 57.9 Å². The lowest BCUT2D eigenvalue weighted by atomic mass is 10.2. The van der Waals surface area contributed by atoms with Gasteiger partial charge in [0.05, 0.1) is 10.0 Å². The Morgan fingerprint density at radius 3 is 2.68 bits per heavy atom. The van der Waals surface area contributed by atoms with Gasteiger partial charge in [0.2, 0.25) is 5.13 Å². The van der Waals surface area contributed by atoms with Crippen molar-refractivity contribution in [2.45, 2.75) is 10.1 Å². The molecular formula is C16H10Cl3N3OS2. The van der Waals surface area contributed by atoms with E-state index in [0.29, 0.717) is 31.5 Å². The molecular weight excluding hydrogens is 421 g/mol. The molecule has 0 aliphatic heterocycles. The monoisotopic (exact) mass is 429 g/mol. The summed E-state index contributed by atoms with van der Waals surface area (Å²) in [4.78, 5) is 12.2. The molecule has 2 aromatic carbocycles. The number of carbonyl (C=O) groups is 1. The first kappa shape index (κ1) is 18.5. The number of hydrogen-bond donors (Lipinski definition) is 1. The molecule has 0 bridgehead atoms. The highest BCUT2D eigenvalue weighted by molar-refractivity contribution is 8.00. The van der Waals surface area contributed by atoms with Crippen molar-refractivity contribution in [2.24, 2.45) is 0 Å². The second-order valence-corrected chi connectivity index (χ2v) is 8.33. The van der Waals surface area contributed by atoms with Crippen LogP contribution < -0.4 is 5.32 Å². The maximum atomic E-state index is 12.2. The second-order valence-electron chi connectivity index (χ2n) is 4.87. The highest BCUT2D eigenvalue weighted by Gasteiger charge is 2.11. The van der Waals surface area contributed by atoms with E-state index in [-0.39, 0.29) is 5.91 Å². The lowest BCUT2D eigenvalue weighted by Crippen LogP contribution is -2.11. The fourth-order valence-electron chi connectivity index (χ4n) is 1.89. The molecule has 0 fully saturated rings. The van der Waals surface area contributed by atoms with Crippen LogP contribution in [0.4, 0.5) is 5.13 Å². The van der Waals surface area contributed by atoms with Crippen LogP contribution in [-0.4, -0.2) is 16.1 Å². The number of halogens is 3. The van der Waals surface area contributed by atoms with Crippen LogP contribution in [0.1, 0.15) is 15.9 Å². The first-order chi connectivity index (χ1) is 12.0. The van der Waals surface area contributed by atoms with Crippen LogP contribution in [-0.2, 0) is 5.75 Å². The quantitative estimate of drug-likeness (QED) is 0.396. The molecule has 0 saturated heterocycles. The van der Waals surface area contributed by atoms with Gasteiger partial charge in [-0.3, -0.25) is 10.1 Å². The summed E-state index contributed by atoms with van der Waals surface area (Å²) in [7, 11) is 0. The topological polar surface area (TPSA) is 54.9 Å². The molecule has 3 aromatic rings. The van der Waals surface area contributed by atoms with Crippen molar-refractivity contribution in [1.82, 2.24) is 10.2 Å². The number of thioether (sulfide) groups is 1. The number of hydrogen-bond acceptors (Lipinski definition) is 5. The van der Waals surface area contributed by atoms with Gasteiger partial charge in [0.1, 0.15) is 0 Å². The number of benzene rings is 2. The van der Waals surface area contributed by atoms with Crippen molar-refractivity contribution in [2.75, 3.05) is 5.32 Å². The van der Waals surface area contributed by atoms with E-state index in [1.165, 1.54) is 23.1 Å². The Bertz CT molecular complexity index is 917.